The van der Waals surface area contributed by atoms with Crippen LogP contribution in [0.3, 0.4) is 0 Å². The highest BCUT2D eigenvalue weighted by molar-refractivity contribution is 5.69. The molecular formula is C23H27NO2. The quantitative estimate of drug-likeness (QED) is 0.426. The van der Waals surface area contributed by atoms with Crippen molar-refractivity contribution in [2.75, 3.05) is 6.61 Å². The highest BCUT2D eigenvalue weighted by atomic mass is 16.5. The number of ether oxygens (including phenoxy) is 1. The third kappa shape index (κ3) is 5.20. The van der Waals surface area contributed by atoms with Gasteiger partial charge in [0.2, 0.25) is 0 Å². The van der Waals surface area contributed by atoms with Gasteiger partial charge in [0.1, 0.15) is 5.41 Å². The van der Waals surface area contributed by atoms with Crippen LogP contribution in [0.5, 0.6) is 0 Å². The second-order valence-electron chi connectivity index (χ2n) is 6.47. The van der Waals surface area contributed by atoms with Crippen molar-refractivity contribution in [3.63, 3.8) is 0 Å². The second kappa shape index (κ2) is 10.4. The number of unbranched alkanes of at least 4 members (excludes halogenated alkanes) is 3. The van der Waals surface area contributed by atoms with Crippen molar-refractivity contribution in [3.05, 3.63) is 71.8 Å². The van der Waals surface area contributed by atoms with Crippen LogP contribution in [0.15, 0.2) is 60.7 Å². The molecule has 0 bridgehead atoms. The molecule has 0 N–H and O–H groups in total. The predicted octanol–water partition coefficient (Wildman–Crippen LogP) is 5.40. The summed E-state index contributed by atoms with van der Waals surface area (Å²) in [7, 11) is 0. The molecular weight excluding hydrogens is 322 g/mol. The summed E-state index contributed by atoms with van der Waals surface area (Å²) in [4.78, 5) is 11.4. The molecule has 0 unspecified atom stereocenters. The van der Waals surface area contributed by atoms with Gasteiger partial charge in [0.25, 0.3) is 0 Å². The lowest BCUT2D eigenvalue weighted by atomic mass is 9.72. The molecule has 0 aliphatic carbocycles. The number of nitrogens with zero attached hydrogens (tertiary/aromatic N) is 1. The van der Waals surface area contributed by atoms with Crippen molar-refractivity contribution in [1.82, 2.24) is 0 Å². The van der Waals surface area contributed by atoms with Gasteiger partial charge in [0.15, 0.2) is 0 Å². The van der Waals surface area contributed by atoms with E-state index in [0.717, 1.165) is 43.2 Å². The molecule has 0 spiro atoms. The first-order valence-corrected chi connectivity index (χ1v) is 9.41. The molecule has 3 nitrogen and oxygen atoms in total. The average molecular weight is 349 g/mol. The Morgan fingerprint density at radius 1 is 0.923 bits per heavy atom. The summed E-state index contributed by atoms with van der Waals surface area (Å²) in [5, 5.41) is 10.1. The van der Waals surface area contributed by atoms with Gasteiger partial charge in [0, 0.05) is 6.42 Å². The van der Waals surface area contributed by atoms with Crippen LogP contribution in [0.4, 0.5) is 0 Å². The van der Waals surface area contributed by atoms with Gasteiger partial charge in [-0.05, 0) is 30.9 Å². The van der Waals surface area contributed by atoms with Crippen molar-refractivity contribution >= 4 is 5.97 Å². The number of esters is 1. The molecule has 0 aliphatic rings. The number of nitriles is 1. The molecule has 0 fully saturated rings. The van der Waals surface area contributed by atoms with Gasteiger partial charge in [-0.3, -0.25) is 4.79 Å². The minimum absolute atomic E-state index is 0.118. The van der Waals surface area contributed by atoms with Crippen molar-refractivity contribution in [1.29, 1.82) is 5.26 Å². The molecule has 0 saturated carbocycles. The fourth-order valence-electron chi connectivity index (χ4n) is 3.33. The van der Waals surface area contributed by atoms with Gasteiger partial charge < -0.3 is 4.74 Å². The summed E-state index contributed by atoms with van der Waals surface area (Å²) >= 11 is 0. The third-order valence-corrected chi connectivity index (χ3v) is 4.71. The summed E-state index contributed by atoms with van der Waals surface area (Å²) in [6.45, 7) is 2.27. The topological polar surface area (TPSA) is 50.1 Å². The summed E-state index contributed by atoms with van der Waals surface area (Å²) in [5.74, 6) is -0.118. The van der Waals surface area contributed by atoms with E-state index in [1.54, 1.807) is 0 Å². The van der Waals surface area contributed by atoms with Crippen molar-refractivity contribution < 1.29 is 9.53 Å². The van der Waals surface area contributed by atoms with Gasteiger partial charge in [0.05, 0.1) is 12.7 Å². The SMILES string of the molecule is CCOC(=O)CCCCCCC(C#N)(c1ccccc1)c1ccccc1. The fraction of sp³-hybridized carbons (Fsp3) is 0.391. The number of hydrogen-bond acceptors (Lipinski definition) is 3. The Labute approximate surface area is 156 Å². The first-order chi connectivity index (χ1) is 12.7. The highest BCUT2D eigenvalue weighted by Crippen LogP contribution is 2.36. The Morgan fingerprint density at radius 2 is 1.46 bits per heavy atom. The Hall–Kier alpha value is -2.60. The normalized spacial score (nSPS) is 10.9. The molecule has 2 rings (SSSR count). The lowest BCUT2D eigenvalue weighted by Gasteiger charge is -2.28. The van der Waals surface area contributed by atoms with E-state index >= 15 is 0 Å². The summed E-state index contributed by atoms with van der Waals surface area (Å²) in [6.07, 6.45) is 5.02. The largest absolute Gasteiger partial charge is 0.466 e. The number of carbonyl (C=O) groups is 1. The Bertz CT molecular complexity index is 664. The number of hydrogen-bond donors (Lipinski definition) is 0. The summed E-state index contributed by atoms with van der Waals surface area (Å²) < 4.78 is 4.95. The van der Waals surface area contributed by atoms with Gasteiger partial charge in [-0.15, -0.1) is 0 Å². The van der Waals surface area contributed by atoms with Gasteiger partial charge in [-0.25, -0.2) is 0 Å². The van der Waals surface area contributed by atoms with Crippen LogP contribution in [-0.2, 0) is 14.9 Å². The van der Waals surface area contributed by atoms with Crippen LogP contribution < -0.4 is 0 Å². The Morgan fingerprint density at radius 3 is 1.96 bits per heavy atom. The zero-order chi connectivity index (χ0) is 18.7. The molecule has 0 heterocycles. The first kappa shape index (κ1) is 19.7. The van der Waals surface area contributed by atoms with Gasteiger partial charge in [-0.1, -0.05) is 79.9 Å². The molecule has 2 aromatic carbocycles. The Balaban J connectivity index is 2.00. The van der Waals surface area contributed by atoms with E-state index in [1.807, 2.05) is 67.6 Å². The monoisotopic (exact) mass is 349 g/mol. The van der Waals surface area contributed by atoms with Crippen LogP contribution in [0, 0.1) is 11.3 Å². The maximum atomic E-state index is 11.4. The van der Waals surface area contributed by atoms with E-state index in [0.29, 0.717) is 13.0 Å². The second-order valence-corrected chi connectivity index (χ2v) is 6.47. The first-order valence-electron chi connectivity index (χ1n) is 9.41. The van der Waals surface area contributed by atoms with Gasteiger partial charge >= 0.3 is 5.97 Å². The summed E-state index contributed by atoms with van der Waals surface area (Å²) in [6, 6.07) is 22.7. The Kier molecular flexibility index (Phi) is 7.89. The molecule has 136 valence electrons. The highest BCUT2D eigenvalue weighted by Gasteiger charge is 2.33. The van der Waals surface area contributed by atoms with Crippen LogP contribution in [0.25, 0.3) is 0 Å². The van der Waals surface area contributed by atoms with E-state index in [4.69, 9.17) is 4.74 Å². The van der Waals surface area contributed by atoms with Crippen molar-refractivity contribution in [3.8, 4) is 6.07 Å². The molecule has 2 aromatic rings. The minimum atomic E-state index is -0.621. The fourth-order valence-corrected chi connectivity index (χ4v) is 3.33. The van der Waals surface area contributed by atoms with Crippen LogP contribution >= 0.6 is 0 Å². The zero-order valence-corrected chi connectivity index (χ0v) is 15.5. The lowest BCUT2D eigenvalue weighted by molar-refractivity contribution is -0.143. The molecule has 0 amide bonds. The standard InChI is InChI=1S/C23H27NO2/c1-2-26-22(25)17-11-3-4-12-18-23(19-24,20-13-7-5-8-14-20)21-15-9-6-10-16-21/h5-10,13-16H,2-4,11-12,17-18H2,1H3. The third-order valence-electron chi connectivity index (χ3n) is 4.71. The van der Waals surface area contributed by atoms with Crippen LogP contribution in [0.2, 0.25) is 0 Å². The number of carbonyl (C=O) groups excluding carboxylic acids is 1. The van der Waals surface area contributed by atoms with E-state index in [9.17, 15) is 10.1 Å². The van der Waals surface area contributed by atoms with Gasteiger partial charge in [-0.2, -0.15) is 5.26 Å². The maximum absolute atomic E-state index is 11.4. The summed E-state index contributed by atoms with van der Waals surface area (Å²) in [5.41, 5.74) is 1.46. The molecule has 0 radical (unpaired) electrons. The molecule has 0 atom stereocenters. The van der Waals surface area contributed by atoms with Crippen molar-refractivity contribution in [2.45, 2.75) is 50.9 Å². The van der Waals surface area contributed by atoms with Crippen LogP contribution in [-0.4, -0.2) is 12.6 Å². The van der Waals surface area contributed by atoms with E-state index in [-0.39, 0.29) is 5.97 Å². The van der Waals surface area contributed by atoms with Crippen LogP contribution in [0.1, 0.15) is 56.6 Å². The predicted molar refractivity (Wildman–Crippen MR) is 104 cm³/mol. The number of benzene rings is 2. The zero-order valence-electron chi connectivity index (χ0n) is 15.5. The molecule has 0 aliphatic heterocycles. The number of rotatable bonds is 10. The maximum Gasteiger partial charge on any atom is 0.305 e. The van der Waals surface area contributed by atoms with E-state index in [2.05, 4.69) is 6.07 Å². The van der Waals surface area contributed by atoms with E-state index in [1.165, 1.54) is 0 Å². The smallest absolute Gasteiger partial charge is 0.305 e. The van der Waals surface area contributed by atoms with E-state index < -0.39 is 5.41 Å². The lowest BCUT2D eigenvalue weighted by Crippen LogP contribution is -2.25. The molecule has 3 heteroatoms. The molecule has 0 aromatic heterocycles. The average Bonchev–Trinajstić information content (AvgIpc) is 2.69. The molecule has 0 saturated heterocycles. The molecule has 26 heavy (non-hydrogen) atoms. The van der Waals surface area contributed by atoms with Crippen molar-refractivity contribution in [2.24, 2.45) is 0 Å². The minimum Gasteiger partial charge on any atom is -0.466 e.